The minimum absolute atomic E-state index is 0.181. The molecule has 4 aromatic rings. The van der Waals surface area contributed by atoms with Crippen molar-refractivity contribution < 1.29 is 5.11 Å². The van der Waals surface area contributed by atoms with E-state index in [1.807, 2.05) is 12.1 Å². The van der Waals surface area contributed by atoms with Gasteiger partial charge in [-0.15, -0.1) is 0 Å². The van der Waals surface area contributed by atoms with Gasteiger partial charge in [0.25, 0.3) is 0 Å². The van der Waals surface area contributed by atoms with Crippen LogP contribution in [0.2, 0.25) is 0 Å². The summed E-state index contributed by atoms with van der Waals surface area (Å²) < 4.78 is 0. The maximum atomic E-state index is 10.7. The van der Waals surface area contributed by atoms with E-state index in [-0.39, 0.29) is 17.3 Å². The number of para-hydroxylation sites is 1. The largest absolute Gasteiger partial charge is 0.508 e. The number of hydrogen-bond donors (Lipinski definition) is 1. The Balaban J connectivity index is 1.79. The van der Waals surface area contributed by atoms with Crippen LogP contribution in [0.4, 0.5) is 0 Å². The van der Waals surface area contributed by atoms with Crippen LogP contribution in [0, 0.1) is 0 Å². The van der Waals surface area contributed by atoms with Crippen LogP contribution in [-0.2, 0) is 5.41 Å². The summed E-state index contributed by atoms with van der Waals surface area (Å²) in [4.78, 5) is 0. The fourth-order valence-corrected chi connectivity index (χ4v) is 4.99. The van der Waals surface area contributed by atoms with Crippen LogP contribution >= 0.6 is 0 Å². The van der Waals surface area contributed by atoms with Crippen molar-refractivity contribution in [2.24, 2.45) is 0 Å². The van der Waals surface area contributed by atoms with Gasteiger partial charge >= 0.3 is 0 Å². The van der Waals surface area contributed by atoms with Gasteiger partial charge in [0.2, 0.25) is 0 Å². The molecule has 5 rings (SSSR count). The molecule has 0 saturated heterocycles. The van der Waals surface area contributed by atoms with Crippen molar-refractivity contribution in [1.82, 2.24) is 0 Å². The highest BCUT2D eigenvalue weighted by molar-refractivity contribution is 5.63. The topological polar surface area (TPSA) is 20.2 Å². The SMILES string of the molecule is Oc1ccccc1[C@H]1[C@@H](c2ccccc2)C1(c1ccccc1)c1ccccc1. The summed E-state index contributed by atoms with van der Waals surface area (Å²) in [5.41, 5.74) is 4.72. The van der Waals surface area contributed by atoms with Crippen molar-refractivity contribution in [2.75, 3.05) is 0 Å². The summed E-state index contributed by atoms with van der Waals surface area (Å²) in [6.45, 7) is 0. The van der Waals surface area contributed by atoms with Crippen LogP contribution in [0.3, 0.4) is 0 Å². The van der Waals surface area contributed by atoms with Crippen molar-refractivity contribution in [2.45, 2.75) is 17.3 Å². The lowest BCUT2D eigenvalue weighted by Crippen LogP contribution is -2.13. The van der Waals surface area contributed by atoms with Gasteiger partial charge < -0.3 is 5.11 Å². The molecule has 136 valence electrons. The lowest BCUT2D eigenvalue weighted by atomic mass is 9.82. The van der Waals surface area contributed by atoms with Crippen LogP contribution in [0.15, 0.2) is 115 Å². The zero-order chi connectivity index (χ0) is 19.0. The highest BCUT2D eigenvalue weighted by atomic mass is 16.3. The summed E-state index contributed by atoms with van der Waals surface area (Å²) in [5, 5.41) is 10.7. The lowest BCUT2D eigenvalue weighted by Gasteiger charge is -2.21. The highest BCUT2D eigenvalue weighted by Crippen LogP contribution is 2.74. The van der Waals surface area contributed by atoms with Crippen molar-refractivity contribution in [3.8, 4) is 5.75 Å². The molecule has 0 amide bonds. The first-order valence-electron chi connectivity index (χ1n) is 9.77. The average molecular weight is 362 g/mol. The van der Waals surface area contributed by atoms with Crippen molar-refractivity contribution in [3.05, 3.63) is 138 Å². The Morgan fingerprint density at radius 3 is 1.50 bits per heavy atom. The van der Waals surface area contributed by atoms with E-state index in [9.17, 15) is 5.11 Å². The Morgan fingerprint density at radius 2 is 0.964 bits per heavy atom. The van der Waals surface area contributed by atoms with E-state index in [0.717, 1.165) is 5.56 Å². The second kappa shape index (κ2) is 6.69. The van der Waals surface area contributed by atoms with Gasteiger partial charge in [0.05, 0.1) is 0 Å². The fourth-order valence-electron chi connectivity index (χ4n) is 4.99. The van der Waals surface area contributed by atoms with Gasteiger partial charge in [-0.05, 0) is 28.3 Å². The minimum atomic E-state index is -0.192. The third kappa shape index (κ3) is 2.47. The Morgan fingerprint density at radius 1 is 0.500 bits per heavy atom. The average Bonchev–Trinajstić information content (AvgIpc) is 3.47. The molecule has 1 N–H and O–H groups in total. The molecule has 1 aliphatic carbocycles. The van der Waals surface area contributed by atoms with E-state index in [1.54, 1.807) is 6.07 Å². The first kappa shape index (κ1) is 16.8. The van der Waals surface area contributed by atoms with Gasteiger partial charge in [0.1, 0.15) is 5.75 Å². The van der Waals surface area contributed by atoms with Gasteiger partial charge in [0.15, 0.2) is 0 Å². The van der Waals surface area contributed by atoms with E-state index in [4.69, 9.17) is 0 Å². The molecule has 0 unspecified atom stereocenters. The van der Waals surface area contributed by atoms with Gasteiger partial charge in [-0.25, -0.2) is 0 Å². The summed E-state index contributed by atoms with van der Waals surface area (Å²) in [6, 6.07) is 40.0. The molecule has 0 spiro atoms. The molecule has 4 aromatic carbocycles. The van der Waals surface area contributed by atoms with Crippen LogP contribution in [0.1, 0.15) is 34.1 Å². The minimum Gasteiger partial charge on any atom is -0.508 e. The molecule has 1 fully saturated rings. The summed E-state index contributed by atoms with van der Waals surface area (Å²) >= 11 is 0. The van der Waals surface area contributed by atoms with E-state index in [2.05, 4.69) is 97.1 Å². The van der Waals surface area contributed by atoms with Gasteiger partial charge in [0, 0.05) is 17.3 Å². The second-order valence-electron chi connectivity index (χ2n) is 7.53. The van der Waals surface area contributed by atoms with E-state index >= 15 is 0 Å². The molecule has 1 aliphatic rings. The maximum absolute atomic E-state index is 10.7. The number of aromatic hydroxyl groups is 1. The smallest absolute Gasteiger partial charge is 0.119 e. The fraction of sp³-hybridized carbons (Fsp3) is 0.111. The van der Waals surface area contributed by atoms with E-state index < -0.39 is 0 Å². The van der Waals surface area contributed by atoms with E-state index in [1.165, 1.54) is 16.7 Å². The van der Waals surface area contributed by atoms with Gasteiger partial charge in [-0.2, -0.15) is 0 Å². The number of phenols is 1. The molecule has 1 nitrogen and oxygen atoms in total. The molecule has 2 atom stereocenters. The lowest BCUT2D eigenvalue weighted by molar-refractivity contribution is 0.467. The molecule has 0 bridgehead atoms. The molecule has 1 heteroatoms. The first-order chi connectivity index (χ1) is 13.8. The molecule has 0 radical (unpaired) electrons. The second-order valence-corrected chi connectivity index (χ2v) is 7.53. The zero-order valence-electron chi connectivity index (χ0n) is 15.6. The normalized spacial score (nSPS) is 19.9. The third-order valence-electron chi connectivity index (χ3n) is 6.14. The number of rotatable bonds is 4. The van der Waals surface area contributed by atoms with Crippen molar-refractivity contribution in [1.29, 1.82) is 0 Å². The number of phenolic OH excluding ortho intramolecular Hbond substituents is 1. The predicted molar refractivity (Wildman–Crippen MR) is 114 cm³/mol. The van der Waals surface area contributed by atoms with Crippen LogP contribution in [-0.4, -0.2) is 5.11 Å². The van der Waals surface area contributed by atoms with E-state index in [0.29, 0.717) is 5.75 Å². The third-order valence-corrected chi connectivity index (χ3v) is 6.14. The molecular formula is C27H22O. The molecular weight excluding hydrogens is 340 g/mol. The summed E-state index contributed by atoms with van der Waals surface area (Å²) in [7, 11) is 0. The molecule has 0 heterocycles. The molecule has 28 heavy (non-hydrogen) atoms. The Kier molecular flexibility index (Phi) is 4.02. The Bertz CT molecular complexity index is 1030. The number of benzene rings is 4. The molecule has 0 aromatic heterocycles. The van der Waals surface area contributed by atoms with Crippen molar-refractivity contribution >= 4 is 0 Å². The predicted octanol–water partition coefficient (Wildman–Crippen LogP) is 6.26. The number of hydrogen-bond acceptors (Lipinski definition) is 1. The summed E-state index contributed by atoms with van der Waals surface area (Å²) in [6.07, 6.45) is 0. The zero-order valence-corrected chi connectivity index (χ0v) is 15.6. The summed E-state index contributed by atoms with van der Waals surface area (Å²) in [5.74, 6) is 0.829. The monoisotopic (exact) mass is 362 g/mol. The molecule has 0 aliphatic heterocycles. The first-order valence-corrected chi connectivity index (χ1v) is 9.77. The Hall–Kier alpha value is -3.32. The maximum Gasteiger partial charge on any atom is 0.119 e. The van der Waals surface area contributed by atoms with Crippen LogP contribution in [0.5, 0.6) is 5.75 Å². The van der Waals surface area contributed by atoms with Gasteiger partial charge in [-0.3, -0.25) is 0 Å². The van der Waals surface area contributed by atoms with Crippen molar-refractivity contribution in [3.63, 3.8) is 0 Å². The quantitative estimate of drug-likeness (QED) is 0.454. The van der Waals surface area contributed by atoms with Gasteiger partial charge in [-0.1, -0.05) is 109 Å². The molecule has 1 saturated carbocycles. The van der Waals surface area contributed by atoms with Crippen LogP contribution in [0.25, 0.3) is 0 Å². The highest BCUT2D eigenvalue weighted by Gasteiger charge is 2.67. The Labute approximate surface area is 165 Å². The standard InChI is InChI=1S/C27H22O/c28-24-19-11-10-18-23(24)26-25(20-12-4-1-5-13-20)27(26,21-14-6-2-7-15-21)22-16-8-3-9-17-22/h1-19,25-26,28H/t25-,26+/m1/s1. The van der Waals surface area contributed by atoms with Crippen LogP contribution < -0.4 is 0 Å².